The van der Waals surface area contributed by atoms with Crippen molar-refractivity contribution in [3.63, 3.8) is 0 Å². The van der Waals surface area contributed by atoms with Gasteiger partial charge in [-0.1, -0.05) is 11.7 Å². The molecule has 17 heavy (non-hydrogen) atoms. The summed E-state index contributed by atoms with van der Waals surface area (Å²) in [5.74, 6) is 0.339. The van der Waals surface area contributed by atoms with Crippen LogP contribution in [0.3, 0.4) is 0 Å². The Morgan fingerprint density at radius 1 is 1.53 bits per heavy atom. The SMILES string of the molecule is C=Cc1cc(C(=O)NC2CCC([NH3+])CC2)no1. The molecule has 1 heterocycles. The maximum Gasteiger partial charge on any atom is 0.273 e. The number of amides is 1. The van der Waals surface area contributed by atoms with Gasteiger partial charge in [0.1, 0.15) is 0 Å². The summed E-state index contributed by atoms with van der Waals surface area (Å²) in [6.07, 6.45) is 5.65. The van der Waals surface area contributed by atoms with Crippen LogP contribution in [0, 0.1) is 0 Å². The summed E-state index contributed by atoms with van der Waals surface area (Å²) in [7, 11) is 0. The van der Waals surface area contributed by atoms with Crippen LogP contribution in [0.15, 0.2) is 17.2 Å². The lowest BCUT2D eigenvalue weighted by Crippen LogP contribution is -2.62. The Balaban J connectivity index is 1.90. The van der Waals surface area contributed by atoms with Crippen LogP contribution >= 0.6 is 0 Å². The van der Waals surface area contributed by atoms with Crippen molar-refractivity contribution in [1.29, 1.82) is 0 Å². The average molecular weight is 236 g/mol. The molecule has 92 valence electrons. The summed E-state index contributed by atoms with van der Waals surface area (Å²) in [5, 5.41) is 6.67. The molecule has 2 rings (SSSR count). The lowest BCUT2D eigenvalue weighted by Gasteiger charge is -2.24. The van der Waals surface area contributed by atoms with Gasteiger partial charge in [-0.3, -0.25) is 4.79 Å². The van der Waals surface area contributed by atoms with Crippen molar-refractivity contribution in [3.05, 3.63) is 24.1 Å². The van der Waals surface area contributed by atoms with Crippen molar-refractivity contribution >= 4 is 12.0 Å². The van der Waals surface area contributed by atoms with E-state index in [4.69, 9.17) is 4.52 Å². The van der Waals surface area contributed by atoms with E-state index in [0.717, 1.165) is 25.7 Å². The molecule has 0 aromatic carbocycles. The van der Waals surface area contributed by atoms with Crippen molar-refractivity contribution in [2.24, 2.45) is 0 Å². The summed E-state index contributed by atoms with van der Waals surface area (Å²) in [4.78, 5) is 11.8. The van der Waals surface area contributed by atoms with Crippen LogP contribution in [-0.2, 0) is 0 Å². The number of quaternary nitrogens is 1. The molecule has 1 amide bonds. The van der Waals surface area contributed by atoms with E-state index in [2.05, 4.69) is 22.8 Å². The number of carbonyl (C=O) groups is 1. The summed E-state index contributed by atoms with van der Waals surface area (Å²) >= 11 is 0. The predicted octanol–water partition coefficient (Wildman–Crippen LogP) is 0.600. The molecular weight excluding hydrogens is 218 g/mol. The molecular formula is C12H18N3O2+. The van der Waals surface area contributed by atoms with Crippen LogP contribution in [0.1, 0.15) is 41.9 Å². The number of hydrogen-bond acceptors (Lipinski definition) is 3. The Kier molecular flexibility index (Phi) is 3.58. The normalized spacial score (nSPS) is 24.3. The fraction of sp³-hybridized carbons (Fsp3) is 0.500. The molecule has 1 aromatic rings. The van der Waals surface area contributed by atoms with Crippen LogP contribution in [-0.4, -0.2) is 23.1 Å². The molecule has 0 spiro atoms. The summed E-state index contributed by atoms with van der Waals surface area (Å²) in [5.41, 5.74) is 4.35. The van der Waals surface area contributed by atoms with Crippen molar-refractivity contribution in [2.75, 3.05) is 0 Å². The fourth-order valence-electron chi connectivity index (χ4n) is 2.06. The van der Waals surface area contributed by atoms with Gasteiger partial charge in [-0.2, -0.15) is 0 Å². The maximum atomic E-state index is 11.8. The minimum absolute atomic E-state index is 0.172. The van der Waals surface area contributed by atoms with Gasteiger partial charge in [-0.25, -0.2) is 0 Å². The molecule has 0 radical (unpaired) electrons. The molecule has 0 saturated heterocycles. The van der Waals surface area contributed by atoms with E-state index in [9.17, 15) is 4.79 Å². The van der Waals surface area contributed by atoms with Crippen LogP contribution in [0.5, 0.6) is 0 Å². The molecule has 0 atom stereocenters. The van der Waals surface area contributed by atoms with Gasteiger partial charge < -0.3 is 15.6 Å². The molecule has 0 unspecified atom stereocenters. The van der Waals surface area contributed by atoms with E-state index in [-0.39, 0.29) is 11.9 Å². The first kappa shape index (κ1) is 11.9. The van der Waals surface area contributed by atoms with Crippen LogP contribution in [0.2, 0.25) is 0 Å². The van der Waals surface area contributed by atoms with Gasteiger partial charge in [-0.15, -0.1) is 0 Å². The molecule has 1 aromatic heterocycles. The average Bonchev–Trinajstić information content (AvgIpc) is 2.81. The number of nitrogens with one attached hydrogen (secondary N) is 1. The zero-order valence-corrected chi connectivity index (χ0v) is 9.82. The van der Waals surface area contributed by atoms with Crippen molar-refractivity contribution in [2.45, 2.75) is 37.8 Å². The lowest BCUT2D eigenvalue weighted by molar-refractivity contribution is -0.425. The fourth-order valence-corrected chi connectivity index (χ4v) is 2.06. The minimum atomic E-state index is -0.172. The van der Waals surface area contributed by atoms with E-state index < -0.39 is 0 Å². The van der Waals surface area contributed by atoms with Crippen LogP contribution in [0.4, 0.5) is 0 Å². The van der Waals surface area contributed by atoms with Crippen molar-refractivity contribution < 1.29 is 15.1 Å². The van der Waals surface area contributed by atoms with Crippen LogP contribution < -0.4 is 11.1 Å². The maximum absolute atomic E-state index is 11.8. The highest BCUT2D eigenvalue weighted by Crippen LogP contribution is 2.16. The molecule has 5 heteroatoms. The summed E-state index contributed by atoms with van der Waals surface area (Å²) < 4.78 is 4.90. The van der Waals surface area contributed by atoms with E-state index >= 15 is 0 Å². The quantitative estimate of drug-likeness (QED) is 0.806. The Morgan fingerprint density at radius 2 is 2.24 bits per heavy atom. The monoisotopic (exact) mass is 236 g/mol. The number of nitrogens with zero attached hydrogens (tertiary/aromatic N) is 1. The van der Waals surface area contributed by atoms with E-state index in [1.54, 1.807) is 6.07 Å². The van der Waals surface area contributed by atoms with Gasteiger partial charge in [0.05, 0.1) is 6.04 Å². The molecule has 1 aliphatic rings. The lowest BCUT2D eigenvalue weighted by atomic mass is 9.92. The molecule has 1 aliphatic carbocycles. The van der Waals surface area contributed by atoms with E-state index in [0.29, 0.717) is 17.5 Å². The highest BCUT2D eigenvalue weighted by atomic mass is 16.5. The summed E-state index contributed by atoms with van der Waals surface area (Å²) in [6.45, 7) is 3.56. The first-order valence-electron chi connectivity index (χ1n) is 5.92. The molecule has 4 N–H and O–H groups in total. The molecule has 1 fully saturated rings. The Bertz CT molecular complexity index is 406. The Morgan fingerprint density at radius 3 is 2.82 bits per heavy atom. The first-order valence-corrected chi connectivity index (χ1v) is 5.92. The molecule has 5 nitrogen and oxygen atoms in total. The van der Waals surface area contributed by atoms with Gasteiger partial charge >= 0.3 is 0 Å². The molecule has 1 saturated carbocycles. The zero-order chi connectivity index (χ0) is 12.3. The third kappa shape index (κ3) is 2.94. The molecule has 0 bridgehead atoms. The number of aromatic nitrogens is 1. The van der Waals surface area contributed by atoms with Crippen molar-refractivity contribution in [1.82, 2.24) is 10.5 Å². The predicted molar refractivity (Wildman–Crippen MR) is 63.0 cm³/mol. The van der Waals surface area contributed by atoms with Crippen LogP contribution in [0.25, 0.3) is 6.08 Å². The smallest absolute Gasteiger partial charge is 0.273 e. The third-order valence-electron chi connectivity index (χ3n) is 3.14. The third-order valence-corrected chi connectivity index (χ3v) is 3.14. The largest absolute Gasteiger partial charge is 0.356 e. The van der Waals surface area contributed by atoms with Gasteiger partial charge in [0.15, 0.2) is 11.5 Å². The van der Waals surface area contributed by atoms with Gasteiger partial charge in [0, 0.05) is 24.9 Å². The molecule has 0 aliphatic heterocycles. The number of rotatable bonds is 3. The second-order valence-corrected chi connectivity index (χ2v) is 4.51. The zero-order valence-electron chi connectivity index (χ0n) is 9.82. The number of hydrogen-bond donors (Lipinski definition) is 2. The standard InChI is InChI=1S/C12H17N3O2/c1-2-10-7-11(15-17-10)12(16)14-9-5-3-8(13)4-6-9/h2,7-9H,1,3-6,13H2,(H,14,16)/p+1. The Labute approximate surface area is 100 Å². The van der Waals surface area contributed by atoms with Gasteiger partial charge in [-0.05, 0) is 18.9 Å². The van der Waals surface area contributed by atoms with E-state index in [1.165, 1.54) is 6.08 Å². The topological polar surface area (TPSA) is 82.8 Å². The summed E-state index contributed by atoms with van der Waals surface area (Å²) in [6, 6.07) is 2.36. The van der Waals surface area contributed by atoms with Crippen molar-refractivity contribution in [3.8, 4) is 0 Å². The second-order valence-electron chi connectivity index (χ2n) is 4.51. The van der Waals surface area contributed by atoms with Gasteiger partial charge in [0.25, 0.3) is 5.91 Å². The minimum Gasteiger partial charge on any atom is -0.356 e. The number of carbonyl (C=O) groups excluding carboxylic acids is 1. The van der Waals surface area contributed by atoms with Gasteiger partial charge in [0.2, 0.25) is 0 Å². The first-order chi connectivity index (χ1) is 8.19. The Hall–Kier alpha value is -1.62. The second kappa shape index (κ2) is 5.14. The van der Waals surface area contributed by atoms with E-state index in [1.807, 2.05) is 0 Å². The highest BCUT2D eigenvalue weighted by molar-refractivity contribution is 5.92. The highest BCUT2D eigenvalue weighted by Gasteiger charge is 2.23.